The zero-order chi connectivity index (χ0) is 13.7. The van der Waals surface area contributed by atoms with E-state index in [1.54, 1.807) is 12.1 Å². The molecule has 3 nitrogen and oxygen atoms in total. The van der Waals surface area contributed by atoms with Gasteiger partial charge in [0.25, 0.3) is 5.91 Å². The molecule has 0 bridgehead atoms. The number of carbonyl (C=O) groups excluding carboxylic acids is 1. The van der Waals surface area contributed by atoms with Crippen LogP contribution in [0.2, 0.25) is 0 Å². The van der Waals surface area contributed by atoms with Gasteiger partial charge in [0.2, 0.25) is 0 Å². The van der Waals surface area contributed by atoms with Crippen molar-refractivity contribution in [3.05, 3.63) is 71.6 Å². The van der Waals surface area contributed by atoms with E-state index in [-0.39, 0.29) is 5.91 Å². The van der Waals surface area contributed by atoms with Gasteiger partial charge in [0.1, 0.15) is 5.69 Å². The van der Waals surface area contributed by atoms with Gasteiger partial charge in [0.05, 0.1) is 5.69 Å². The highest BCUT2D eigenvalue weighted by Gasteiger charge is 2.08. The van der Waals surface area contributed by atoms with E-state index in [1.165, 1.54) is 0 Å². The van der Waals surface area contributed by atoms with Crippen LogP contribution in [0.15, 0.2) is 49.0 Å². The molecule has 0 aliphatic carbocycles. The Morgan fingerprint density at radius 2 is 2.00 bits per heavy atom. The molecule has 1 aromatic heterocycles. The van der Waals surface area contributed by atoms with E-state index >= 15 is 0 Å². The molecule has 0 aliphatic heterocycles. The van der Waals surface area contributed by atoms with Gasteiger partial charge in [-0.3, -0.25) is 4.79 Å². The number of aromatic nitrogens is 1. The molecule has 2 aromatic rings. The molecule has 0 radical (unpaired) electrons. The Bertz CT molecular complexity index is 591. The van der Waals surface area contributed by atoms with E-state index in [2.05, 4.69) is 16.9 Å². The molecule has 1 N–H and O–H groups in total. The van der Waals surface area contributed by atoms with Gasteiger partial charge in [-0.25, -0.2) is 4.98 Å². The number of rotatable bonds is 4. The molecule has 0 saturated carbocycles. The first-order valence-electron chi connectivity index (χ1n) is 6.13. The van der Waals surface area contributed by atoms with Crippen LogP contribution < -0.4 is 5.32 Å². The van der Waals surface area contributed by atoms with Gasteiger partial charge >= 0.3 is 0 Å². The zero-order valence-electron chi connectivity index (χ0n) is 10.9. The van der Waals surface area contributed by atoms with E-state index in [1.807, 2.05) is 43.3 Å². The van der Waals surface area contributed by atoms with Crippen LogP contribution in [-0.2, 0) is 6.54 Å². The predicted octanol–water partition coefficient (Wildman–Crippen LogP) is 2.96. The van der Waals surface area contributed by atoms with Crippen LogP contribution in [0.4, 0.5) is 0 Å². The van der Waals surface area contributed by atoms with Crippen LogP contribution in [0.25, 0.3) is 6.08 Å². The molecule has 1 heterocycles. The summed E-state index contributed by atoms with van der Waals surface area (Å²) in [5, 5.41) is 2.85. The lowest BCUT2D eigenvalue weighted by Crippen LogP contribution is -2.24. The highest BCUT2D eigenvalue weighted by molar-refractivity contribution is 5.92. The summed E-state index contributed by atoms with van der Waals surface area (Å²) >= 11 is 0. The molecule has 19 heavy (non-hydrogen) atoms. The molecular weight excluding hydrogens is 236 g/mol. The maximum absolute atomic E-state index is 12.0. The number of pyridine rings is 1. The van der Waals surface area contributed by atoms with Crippen molar-refractivity contribution in [3.8, 4) is 0 Å². The Hall–Kier alpha value is -2.42. The minimum absolute atomic E-state index is 0.174. The van der Waals surface area contributed by atoms with Crippen molar-refractivity contribution in [3.63, 3.8) is 0 Å². The van der Waals surface area contributed by atoms with Crippen molar-refractivity contribution in [2.75, 3.05) is 0 Å². The Labute approximate surface area is 113 Å². The van der Waals surface area contributed by atoms with Gasteiger partial charge in [-0.05, 0) is 30.2 Å². The summed E-state index contributed by atoms with van der Waals surface area (Å²) in [6.45, 7) is 6.13. The van der Waals surface area contributed by atoms with Crippen molar-refractivity contribution < 1.29 is 4.79 Å². The topological polar surface area (TPSA) is 42.0 Å². The fourth-order valence-electron chi connectivity index (χ4n) is 1.75. The third-order valence-corrected chi connectivity index (χ3v) is 2.86. The Balaban J connectivity index is 2.06. The third kappa shape index (κ3) is 3.28. The molecule has 96 valence electrons. The lowest BCUT2D eigenvalue weighted by atomic mass is 10.2. The van der Waals surface area contributed by atoms with Crippen molar-refractivity contribution in [1.29, 1.82) is 0 Å². The van der Waals surface area contributed by atoms with Crippen molar-refractivity contribution in [2.45, 2.75) is 13.5 Å². The standard InChI is InChI=1S/C16H16N2O/c1-3-14-12(2)9-10-15(18-14)16(19)17-11-13-7-5-4-6-8-13/h3-10H,1,11H2,2H3,(H,17,19). The van der Waals surface area contributed by atoms with E-state index in [9.17, 15) is 4.79 Å². The van der Waals surface area contributed by atoms with E-state index in [0.29, 0.717) is 12.2 Å². The minimum Gasteiger partial charge on any atom is -0.347 e. The SMILES string of the molecule is C=Cc1nc(C(=O)NCc2ccccc2)ccc1C. The number of benzene rings is 1. The maximum atomic E-state index is 12.0. The molecule has 0 atom stereocenters. The van der Waals surface area contributed by atoms with Gasteiger partial charge in [-0.2, -0.15) is 0 Å². The number of amides is 1. The average Bonchev–Trinajstić information content (AvgIpc) is 2.46. The van der Waals surface area contributed by atoms with Crippen molar-refractivity contribution in [2.24, 2.45) is 0 Å². The van der Waals surface area contributed by atoms with Crippen molar-refractivity contribution >= 4 is 12.0 Å². The fraction of sp³-hybridized carbons (Fsp3) is 0.125. The number of aryl methyl sites for hydroxylation is 1. The second-order valence-electron chi connectivity index (χ2n) is 4.27. The molecule has 0 aliphatic rings. The maximum Gasteiger partial charge on any atom is 0.270 e. The molecule has 0 spiro atoms. The van der Waals surface area contributed by atoms with Crippen LogP contribution in [0.1, 0.15) is 27.3 Å². The second-order valence-corrected chi connectivity index (χ2v) is 4.27. The average molecular weight is 252 g/mol. The largest absolute Gasteiger partial charge is 0.347 e. The van der Waals surface area contributed by atoms with Crippen LogP contribution in [0.3, 0.4) is 0 Å². The monoisotopic (exact) mass is 252 g/mol. The molecular formula is C16H16N2O. The van der Waals surface area contributed by atoms with Gasteiger partial charge in [0.15, 0.2) is 0 Å². The predicted molar refractivity (Wildman–Crippen MR) is 76.7 cm³/mol. The summed E-state index contributed by atoms with van der Waals surface area (Å²) in [6.07, 6.45) is 1.66. The Morgan fingerprint density at radius 1 is 1.26 bits per heavy atom. The molecule has 0 unspecified atom stereocenters. The summed E-state index contributed by atoms with van der Waals surface area (Å²) in [5.41, 5.74) is 3.23. The van der Waals surface area contributed by atoms with Gasteiger partial charge in [0, 0.05) is 6.54 Å². The summed E-state index contributed by atoms with van der Waals surface area (Å²) in [4.78, 5) is 16.3. The highest BCUT2D eigenvalue weighted by atomic mass is 16.1. The summed E-state index contributed by atoms with van der Waals surface area (Å²) in [6, 6.07) is 13.4. The van der Waals surface area contributed by atoms with Crippen LogP contribution >= 0.6 is 0 Å². The first-order chi connectivity index (χ1) is 9.20. The van der Waals surface area contributed by atoms with Crippen LogP contribution in [0.5, 0.6) is 0 Å². The zero-order valence-corrected chi connectivity index (χ0v) is 10.9. The number of nitrogens with one attached hydrogen (secondary N) is 1. The number of hydrogen-bond donors (Lipinski definition) is 1. The molecule has 1 aromatic carbocycles. The van der Waals surface area contributed by atoms with Crippen molar-refractivity contribution in [1.82, 2.24) is 10.3 Å². The Kier molecular flexibility index (Phi) is 4.08. The van der Waals surface area contributed by atoms with Gasteiger partial charge in [-0.1, -0.05) is 43.0 Å². The van der Waals surface area contributed by atoms with Crippen LogP contribution in [0, 0.1) is 6.92 Å². The van der Waals surface area contributed by atoms with E-state index in [4.69, 9.17) is 0 Å². The quantitative estimate of drug-likeness (QED) is 0.909. The fourth-order valence-corrected chi connectivity index (χ4v) is 1.75. The van der Waals surface area contributed by atoms with Gasteiger partial charge < -0.3 is 5.32 Å². The molecule has 3 heteroatoms. The first kappa shape index (κ1) is 13.0. The molecule has 0 saturated heterocycles. The summed E-state index contributed by atoms with van der Waals surface area (Å²) in [7, 11) is 0. The molecule has 0 fully saturated rings. The summed E-state index contributed by atoms with van der Waals surface area (Å²) in [5.74, 6) is -0.174. The summed E-state index contributed by atoms with van der Waals surface area (Å²) < 4.78 is 0. The minimum atomic E-state index is -0.174. The second kappa shape index (κ2) is 5.96. The number of nitrogens with zero attached hydrogens (tertiary/aromatic N) is 1. The number of hydrogen-bond acceptors (Lipinski definition) is 2. The van der Waals surface area contributed by atoms with E-state index < -0.39 is 0 Å². The molecule has 1 amide bonds. The lowest BCUT2D eigenvalue weighted by Gasteiger charge is -2.06. The smallest absolute Gasteiger partial charge is 0.270 e. The first-order valence-corrected chi connectivity index (χ1v) is 6.13. The lowest BCUT2D eigenvalue weighted by molar-refractivity contribution is 0.0946. The Morgan fingerprint density at radius 3 is 2.68 bits per heavy atom. The van der Waals surface area contributed by atoms with Crippen LogP contribution in [-0.4, -0.2) is 10.9 Å². The van der Waals surface area contributed by atoms with Gasteiger partial charge in [-0.15, -0.1) is 0 Å². The molecule has 2 rings (SSSR count). The third-order valence-electron chi connectivity index (χ3n) is 2.86. The van der Waals surface area contributed by atoms with E-state index in [0.717, 1.165) is 16.8 Å². The normalized spacial score (nSPS) is 9.95. The number of carbonyl (C=O) groups is 1. The highest BCUT2D eigenvalue weighted by Crippen LogP contribution is 2.08.